The molecule has 0 N–H and O–H groups in total. The molecule has 11 rings (SSSR count). The van der Waals surface area contributed by atoms with Crippen LogP contribution in [0, 0.1) is 0 Å². The number of benzene rings is 10. The second-order valence-corrected chi connectivity index (χ2v) is 11.3. The predicted octanol–water partition coefficient (Wildman–Crippen LogP) is 14.4. The van der Waals surface area contributed by atoms with Gasteiger partial charge in [-0.3, -0.25) is 0 Å². The van der Waals surface area contributed by atoms with Gasteiger partial charge in [0.05, 0.1) is 41.1 Å². The Hall–Kier alpha value is -6.70. The Kier molecular flexibility index (Phi) is 2.50. The monoisotopic (exact) mass is 676 g/mol. The van der Waals surface area contributed by atoms with Crippen LogP contribution in [-0.2, 0) is 0 Å². The molecule has 0 radical (unpaired) electrons. The van der Waals surface area contributed by atoms with Crippen molar-refractivity contribution in [3.05, 3.63) is 181 Å². The van der Waals surface area contributed by atoms with Crippen molar-refractivity contribution >= 4 is 75.8 Å². The van der Waals surface area contributed by atoms with Crippen molar-refractivity contribution in [1.82, 2.24) is 0 Å². The van der Waals surface area contributed by atoms with Crippen molar-refractivity contribution in [2.24, 2.45) is 0 Å². The lowest BCUT2D eigenvalue weighted by molar-refractivity contribution is 0.673. The third-order valence-electron chi connectivity index (χ3n) is 8.56. The number of furan rings is 1. The molecule has 0 saturated heterocycles. The average molecular weight is 677 g/mol. The summed E-state index contributed by atoms with van der Waals surface area (Å²) < 4.78 is 279. The smallest absolute Gasteiger partial charge is 0.143 e. The van der Waals surface area contributed by atoms with Crippen molar-refractivity contribution in [1.29, 1.82) is 0 Å². The summed E-state index contributed by atoms with van der Waals surface area (Å²) in [4.78, 5) is 0. The third-order valence-corrected chi connectivity index (χ3v) is 8.56. The zero-order chi connectivity index (χ0) is 59.6. The Morgan fingerprint density at radius 2 is 0.882 bits per heavy atom. The van der Waals surface area contributed by atoms with Crippen LogP contribution in [0.2, 0.25) is 0 Å². The van der Waals surface area contributed by atoms with Crippen LogP contribution in [0.1, 0.15) is 41.1 Å². The fourth-order valence-electron chi connectivity index (χ4n) is 6.41. The second kappa shape index (κ2) is 10.9. The average Bonchev–Trinajstić information content (AvgIpc) is 2.45. The highest BCUT2D eigenvalue weighted by Crippen LogP contribution is 2.46. The maximum absolute atomic E-state index is 9.89. The summed E-state index contributed by atoms with van der Waals surface area (Å²) in [6.45, 7) is 0. The second-order valence-electron chi connectivity index (χ2n) is 11.3. The van der Waals surface area contributed by atoms with Crippen LogP contribution >= 0.6 is 0 Å². The van der Waals surface area contributed by atoms with Gasteiger partial charge in [0.1, 0.15) is 11.2 Å². The van der Waals surface area contributed by atoms with Gasteiger partial charge >= 0.3 is 0 Å². The first-order chi connectivity index (χ1) is 37.8. The maximum Gasteiger partial charge on any atom is 0.143 e. The lowest BCUT2D eigenvalue weighted by Gasteiger charge is -2.19. The number of hydrogen-bond acceptors (Lipinski definition) is 1. The van der Waals surface area contributed by atoms with Crippen LogP contribution in [0.4, 0.5) is 0 Å². The van der Waals surface area contributed by atoms with E-state index in [2.05, 4.69) is 0 Å². The van der Waals surface area contributed by atoms with E-state index >= 15 is 0 Å². The van der Waals surface area contributed by atoms with Crippen molar-refractivity contribution < 1.29 is 45.5 Å². The standard InChI is InChI=1S/C50H30O/c1-2-13-33-29-36(24-23-31(33)11-1)47-41-16-5-7-18-43(41)48(44-19-8-6-17-42(44)47)40-21-9-14-34-30-35(26-27-37(34)40)38-20-10-22-46-49(38)45-28-25-32-12-3-4-15-39(32)50(45)51-46/h1-30H/i1D,2D,3D,4D,5D,6D,7D,8D,9D,10D,11D,12D,13D,14D,15D,16D,17D,18D,19D,20D,21D,22D,23D,24D,25D,26D,27D,28D,29D,30D. The molecule has 0 amide bonds. The van der Waals surface area contributed by atoms with Crippen LogP contribution in [-0.4, -0.2) is 0 Å². The minimum absolute atomic E-state index is 0.443. The Morgan fingerprint density at radius 3 is 1.67 bits per heavy atom. The summed E-state index contributed by atoms with van der Waals surface area (Å²) in [6.07, 6.45) is 0. The van der Waals surface area contributed by atoms with Gasteiger partial charge in [0.15, 0.2) is 0 Å². The van der Waals surface area contributed by atoms with Crippen molar-refractivity contribution in [2.75, 3.05) is 0 Å². The number of fused-ring (bicyclic) bond motifs is 9. The first-order valence-corrected chi connectivity index (χ1v) is 15.2. The largest absolute Gasteiger partial charge is 0.455 e. The molecule has 0 aliphatic rings. The highest BCUT2D eigenvalue weighted by Gasteiger charge is 2.19. The molecule has 10 aromatic carbocycles. The molecule has 236 valence electrons. The lowest BCUT2D eigenvalue weighted by atomic mass is 9.84. The zero-order valence-corrected chi connectivity index (χ0v) is 25.4. The van der Waals surface area contributed by atoms with Crippen molar-refractivity contribution in [3.63, 3.8) is 0 Å². The molecule has 0 aliphatic carbocycles. The van der Waals surface area contributed by atoms with Gasteiger partial charge in [0, 0.05) is 16.2 Å². The molecule has 51 heavy (non-hydrogen) atoms. The molecule has 1 nitrogen and oxygen atoms in total. The summed E-state index contributed by atoms with van der Waals surface area (Å²) in [5.74, 6) is 0. The van der Waals surface area contributed by atoms with Gasteiger partial charge in [-0.1, -0.05) is 157 Å². The van der Waals surface area contributed by atoms with Crippen LogP contribution in [0.25, 0.3) is 109 Å². The Balaban J connectivity index is 1.40. The SMILES string of the molecule is [2H]c1c([2H])c(-c2c([2H])c([2H])c3c(-c4c5c([2H])c([2H])c([2H])c([2H])c5c(-c5c([2H])c([2H])c6c([2H])c([2H])c([2H])c([2H])c6c5[2H])c5c([2H])c([2H])c([2H])c([2H])c45)c([2H])c([2H])c([2H])c3c2[2H])c2c(oc3c4c([2H])c([2H])c([2H])c([2H])c4c([2H])c([2H])c32)c1[2H]. The third kappa shape index (κ3) is 4.22. The fraction of sp³-hybridized carbons (Fsp3) is 0. The van der Waals surface area contributed by atoms with E-state index in [-0.39, 0.29) is 0 Å². The summed E-state index contributed by atoms with van der Waals surface area (Å²) >= 11 is 0. The van der Waals surface area contributed by atoms with Gasteiger partial charge in [-0.2, -0.15) is 0 Å². The Labute approximate surface area is 336 Å². The highest BCUT2D eigenvalue weighted by molar-refractivity contribution is 6.24. The first kappa shape index (κ1) is 11.7. The zero-order valence-electron chi connectivity index (χ0n) is 55.4. The molecule has 1 heterocycles. The highest BCUT2D eigenvalue weighted by atomic mass is 16.3. The Bertz CT molecular complexity index is 4850. The normalized spacial score (nSPS) is 20.2. The number of hydrogen-bond donors (Lipinski definition) is 0. The molecule has 0 fully saturated rings. The first-order valence-electron chi connectivity index (χ1n) is 30.2. The molecule has 1 heteroatoms. The summed E-state index contributed by atoms with van der Waals surface area (Å²) in [7, 11) is 0. The van der Waals surface area contributed by atoms with E-state index in [1.165, 1.54) is 0 Å². The molecule has 1 aromatic heterocycles. The minimum atomic E-state index is -1.09. The van der Waals surface area contributed by atoms with E-state index in [1.54, 1.807) is 0 Å². The summed E-state index contributed by atoms with van der Waals surface area (Å²) in [5, 5.41) is -7.89. The molecule has 0 saturated carbocycles. The molecule has 0 bridgehead atoms. The molecule has 0 spiro atoms. The molecule has 0 aliphatic heterocycles. The van der Waals surface area contributed by atoms with E-state index in [9.17, 15) is 19.2 Å². The van der Waals surface area contributed by atoms with Crippen molar-refractivity contribution in [2.45, 2.75) is 0 Å². The van der Waals surface area contributed by atoms with Gasteiger partial charge in [-0.15, -0.1) is 0 Å². The van der Waals surface area contributed by atoms with Gasteiger partial charge in [-0.25, -0.2) is 0 Å². The van der Waals surface area contributed by atoms with E-state index in [0.717, 1.165) is 0 Å². The van der Waals surface area contributed by atoms with Crippen LogP contribution in [0.5, 0.6) is 0 Å². The summed E-state index contributed by atoms with van der Waals surface area (Å²) in [6, 6.07) is -28.2. The topological polar surface area (TPSA) is 13.1 Å². The van der Waals surface area contributed by atoms with Gasteiger partial charge < -0.3 is 4.42 Å². The maximum atomic E-state index is 9.89. The van der Waals surface area contributed by atoms with Crippen LogP contribution < -0.4 is 0 Å². The van der Waals surface area contributed by atoms with E-state index < -0.39 is 290 Å². The molecule has 11 aromatic rings. The predicted molar refractivity (Wildman–Crippen MR) is 218 cm³/mol. The quantitative estimate of drug-likeness (QED) is 0.170. The fourth-order valence-corrected chi connectivity index (χ4v) is 6.41. The van der Waals surface area contributed by atoms with Gasteiger partial charge in [0.2, 0.25) is 0 Å². The molecular weight excluding hydrogens is 617 g/mol. The van der Waals surface area contributed by atoms with Crippen LogP contribution in [0.15, 0.2) is 186 Å². The van der Waals surface area contributed by atoms with Crippen molar-refractivity contribution in [3.8, 4) is 33.4 Å². The minimum Gasteiger partial charge on any atom is -0.455 e. The van der Waals surface area contributed by atoms with Gasteiger partial charge in [0.25, 0.3) is 0 Å². The van der Waals surface area contributed by atoms with E-state index in [4.69, 9.17) is 26.3 Å². The molecule has 0 unspecified atom stereocenters. The lowest BCUT2D eigenvalue weighted by Crippen LogP contribution is -1.92. The molecular formula is C50H30O. The Morgan fingerprint density at radius 1 is 0.333 bits per heavy atom. The van der Waals surface area contributed by atoms with E-state index in [1.807, 2.05) is 0 Å². The molecule has 0 atom stereocenters. The van der Waals surface area contributed by atoms with Gasteiger partial charge in [-0.05, 0) is 106 Å². The van der Waals surface area contributed by atoms with E-state index in [0.29, 0.717) is 0 Å². The number of rotatable bonds is 3. The van der Waals surface area contributed by atoms with Crippen LogP contribution in [0.3, 0.4) is 0 Å². The summed E-state index contributed by atoms with van der Waals surface area (Å²) in [5.41, 5.74) is -5.83.